The van der Waals surface area contributed by atoms with Gasteiger partial charge in [0.2, 0.25) is 5.91 Å². The molecule has 0 unspecified atom stereocenters. The molecule has 0 bridgehead atoms. The van der Waals surface area contributed by atoms with E-state index < -0.39 is 18.6 Å². The molecule has 1 aromatic heterocycles. The van der Waals surface area contributed by atoms with Crippen LogP contribution in [-0.2, 0) is 11.3 Å². The molecule has 0 aliphatic carbocycles. The molecule has 0 fully saturated rings. The fourth-order valence-corrected chi connectivity index (χ4v) is 2.66. The molecule has 0 atom stereocenters. The Morgan fingerprint density at radius 2 is 2.10 bits per heavy atom. The van der Waals surface area contributed by atoms with Crippen LogP contribution in [0.2, 0.25) is 0 Å². The smallest absolute Gasteiger partial charge is 0.334 e. The van der Waals surface area contributed by atoms with E-state index in [-0.39, 0.29) is 24.4 Å². The minimum absolute atomic E-state index is 0.0896. The van der Waals surface area contributed by atoms with Crippen LogP contribution in [0.15, 0.2) is 10.2 Å². The van der Waals surface area contributed by atoms with Crippen molar-refractivity contribution < 1.29 is 18.0 Å². The zero-order valence-corrected chi connectivity index (χ0v) is 12.9. The number of hydrogen-bond donors (Lipinski definition) is 0. The minimum atomic E-state index is -4.40. The van der Waals surface area contributed by atoms with Crippen molar-refractivity contribution in [3.63, 3.8) is 0 Å². The van der Waals surface area contributed by atoms with E-state index in [1.807, 2.05) is 6.92 Å². The first kappa shape index (κ1) is 17.7. The van der Waals surface area contributed by atoms with Crippen molar-refractivity contribution in [2.75, 3.05) is 13.1 Å². The lowest BCUT2D eigenvalue weighted by atomic mass is 10.2. The van der Waals surface area contributed by atoms with Gasteiger partial charge in [-0.2, -0.15) is 13.2 Å². The molecule has 1 heterocycles. The molecular weight excluding hydrogens is 305 g/mol. The first-order valence-corrected chi connectivity index (χ1v) is 7.62. The van der Waals surface area contributed by atoms with Gasteiger partial charge in [0.15, 0.2) is 0 Å². The summed E-state index contributed by atoms with van der Waals surface area (Å²) in [6.45, 7) is 2.56. The second-order valence-electron chi connectivity index (χ2n) is 4.83. The van der Waals surface area contributed by atoms with E-state index in [2.05, 4.69) is 0 Å². The zero-order chi connectivity index (χ0) is 16.0. The quantitative estimate of drug-likeness (QED) is 0.774. The van der Waals surface area contributed by atoms with Crippen molar-refractivity contribution in [3.05, 3.63) is 20.7 Å². The average molecular weight is 324 g/mol. The van der Waals surface area contributed by atoms with Crippen LogP contribution in [0.25, 0.3) is 0 Å². The van der Waals surface area contributed by atoms with Crippen molar-refractivity contribution in [3.8, 4) is 0 Å². The Labute approximate surface area is 125 Å². The summed E-state index contributed by atoms with van der Waals surface area (Å²) in [6, 6.07) is 0. The second-order valence-corrected chi connectivity index (χ2v) is 5.65. The van der Waals surface area contributed by atoms with Crippen molar-refractivity contribution in [2.45, 2.75) is 45.8 Å². The monoisotopic (exact) mass is 324 g/mol. The SMILES string of the molecule is CCCCN(CC(F)(F)F)C(=O)CCn1c(C)csc1=O. The highest BCUT2D eigenvalue weighted by Gasteiger charge is 2.32. The molecule has 0 N–H and O–H groups in total. The Balaban J connectivity index is 2.65. The van der Waals surface area contributed by atoms with Gasteiger partial charge in [-0.05, 0) is 13.3 Å². The number of nitrogens with zero attached hydrogens (tertiary/aromatic N) is 2. The van der Waals surface area contributed by atoms with Gasteiger partial charge in [0.05, 0.1) is 0 Å². The van der Waals surface area contributed by atoms with Gasteiger partial charge in [0.25, 0.3) is 0 Å². The molecule has 1 rings (SSSR count). The van der Waals surface area contributed by atoms with E-state index in [9.17, 15) is 22.8 Å². The highest BCUT2D eigenvalue weighted by molar-refractivity contribution is 7.07. The maximum Gasteiger partial charge on any atom is 0.406 e. The van der Waals surface area contributed by atoms with E-state index in [1.54, 1.807) is 12.3 Å². The molecule has 0 saturated heterocycles. The number of aryl methyl sites for hydroxylation is 1. The predicted octanol–water partition coefficient (Wildman–Crippen LogP) is 2.80. The Kier molecular flexibility index (Phi) is 6.44. The first-order valence-electron chi connectivity index (χ1n) is 6.74. The number of amides is 1. The van der Waals surface area contributed by atoms with Crippen LogP contribution < -0.4 is 4.87 Å². The van der Waals surface area contributed by atoms with Crippen molar-refractivity contribution in [1.82, 2.24) is 9.47 Å². The van der Waals surface area contributed by atoms with E-state index >= 15 is 0 Å². The van der Waals surface area contributed by atoms with Gasteiger partial charge in [-0.1, -0.05) is 24.7 Å². The van der Waals surface area contributed by atoms with Crippen LogP contribution in [0, 0.1) is 6.92 Å². The molecule has 0 spiro atoms. The molecule has 0 radical (unpaired) electrons. The van der Waals surface area contributed by atoms with Crippen LogP contribution in [0.3, 0.4) is 0 Å². The molecule has 0 saturated carbocycles. The Bertz CT molecular complexity index is 522. The molecule has 120 valence electrons. The lowest BCUT2D eigenvalue weighted by molar-refractivity contribution is -0.161. The van der Waals surface area contributed by atoms with Crippen molar-refractivity contribution in [2.24, 2.45) is 0 Å². The normalized spacial score (nSPS) is 11.7. The fourth-order valence-electron chi connectivity index (χ4n) is 1.90. The van der Waals surface area contributed by atoms with Gasteiger partial charge in [-0.3, -0.25) is 9.59 Å². The van der Waals surface area contributed by atoms with Gasteiger partial charge in [0.1, 0.15) is 6.54 Å². The topological polar surface area (TPSA) is 42.3 Å². The summed E-state index contributed by atoms with van der Waals surface area (Å²) < 4.78 is 38.9. The van der Waals surface area contributed by atoms with Gasteiger partial charge in [-0.25, -0.2) is 0 Å². The molecule has 0 aliphatic rings. The van der Waals surface area contributed by atoms with Crippen LogP contribution >= 0.6 is 11.3 Å². The Morgan fingerprint density at radius 1 is 1.43 bits per heavy atom. The molecule has 1 amide bonds. The second kappa shape index (κ2) is 7.63. The van der Waals surface area contributed by atoms with Gasteiger partial charge < -0.3 is 9.47 Å². The largest absolute Gasteiger partial charge is 0.406 e. The van der Waals surface area contributed by atoms with Crippen molar-refractivity contribution >= 4 is 17.2 Å². The van der Waals surface area contributed by atoms with Gasteiger partial charge in [0, 0.05) is 30.6 Å². The number of unbranched alkanes of at least 4 members (excludes halogenated alkanes) is 1. The van der Waals surface area contributed by atoms with E-state index in [0.717, 1.165) is 16.2 Å². The average Bonchev–Trinajstić information content (AvgIpc) is 2.70. The zero-order valence-electron chi connectivity index (χ0n) is 12.1. The van der Waals surface area contributed by atoms with Crippen LogP contribution in [0.1, 0.15) is 31.9 Å². The standard InChI is InChI=1S/C13H19F3N2O2S/c1-3-4-6-17(9-13(14,15)16)11(19)5-7-18-10(2)8-21-12(18)20/h8H,3-7,9H2,1-2H3. The van der Waals surface area contributed by atoms with Gasteiger partial charge >= 0.3 is 11.0 Å². The summed E-state index contributed by atoms with van der Waals surface area (Å²) in [6.07, 6.45) is -3.26. The number of halogens is 3. The van der Waals surface area contributed by atoms with Gasteiger partial charge in [-0.15, -0.1) is 0 Å². The Hall–Kier alpha value is -1.31. The lowest BCUT2D eigenvalue weighted by Crippen LogP contribution is -2.40. The highest BCUT2D eigenvalue weighted by atomic mass is 32.1. The summed E-state index contributed by atoms with van der Waals surface area (Å²) in [4.78, 5) is 24.1. The molecule has 21 heavy (non-hydrogen) atoms. The number of aromatic nitrogens is 1. The maximum atomic E-state index is 12.5. The fraction of sp³-hybridized carbons (Fsp3) is 0.692. The van der Waals surface area contributed by atoms with Crippen LogP contribution in [-0.4, -0.2) is 34.6 Å². The lowest BCUT2D eigenvalue weighted by Gasteiger charge is -2.24. The highest BCUT2D eigenvalue weighted by Crippen LogP contribution is 2.17. The minimum Gasteiger partial charge on any atom is -0.334 e. The third-order valence-electron chi connectivity index (χ3n) is 3.03. The number of carbonyl (C=O) groups is 1. The molecule has 1 aromatic rings. The summed E-state index contributed by atoms with van der Waals surface area (Å²) in [5, 5.41) is 1.66. The maximum absolute atomic E-state index is 12.5. The summed E-state index contributed by atoms with van der Waals surface area (Å²) in [7, 11) is 0. The van der Waals surface area contributed by atoms with E-state index in [0.29, 0.717) is 18.5 Å². The van der Waals surface area contributed by atoms with Crippen molar-refractivity contribution in [1.29, 1.82) is 0 Å². The number of hydrogen-bond acceptors (Lipinski definition) is 3. The number of alkyl halides is 3. The molecule has 4 nitrogen and oxygen atoms in total. The van der Waals surface area contributed by atoms with E-state index in [4.69, 9.17) is 0 Å². The van der Waals surface area contributed by atoms with E-state index in [1.165, 1.54) is 4.57 Å². The summed E-state index contributed by atoms with van der Waals surface area (Å²) >= 11 is 1.02. The van der Waals surface area contributed by atoms with Crippen LogP contribution in [0.5, 0.6) is 0 Å². The first-order chi connectivity index (χ1) is 9.74. The number of carbonyl (C=O) groups excluding carboxylic acids is 1. The molecule has 8 heteroatoms. The molecule has 0 aromatic carbocycles. The van der Waals surface area contributed by atoms with Crippen LogP contribution in [0.4, 0.5) is 13.2 Å². The summed E-state index contributed by atoms with van der Waals surface area (Å²) in [5.41, 5.74) is 0.716. The summed E-state index contributed by atoms with van der Waals surface area (Å²) in [5.74, 6) is -0.571. The third kappa shape index (κ3) is 5.91. The molecular formula is C13H19F3N2O2S. The third-order valence-corrected chi connectivity index (χ3v) is 3.91. The number of rotatable bonds is 7. The Morgan fingerprint density at radius 3 is 2.57 bits per heavy atom. The molecule has 0 aliphatic heterocycles. The predicted molar refractivity (Wildman–Crippen MR) is 75.5 cm³/mol. The number of thiazole rings is 1.